The molecule has 118 valence electrons. The van der Waals surface area contributed by atoms with Crippen molar-refractivity contribution in [3.8, 4) is 0 Å². The van der Waals surface area contributed by atoms with Gasteiger partial charge in [0.2, 0.25) is 5.91 Å². The molecule has 0 fully saturated rings. The number of H-pyrrole nitrogens is 1. The standard InChI is InChI=1S/C17H24N4O/c1-11-6-5-7-12-14-10-19-17(20-14)13(18)8-3-2-4-9-15(22)21-16(11)12/h5-7,10-11,13,16H,2-4,8-9,18H2,1H3,(H,19,20)(H,21,22)/t11?,13-,16?/m0/s1. The van der Waals surface area contributed by atoms with Gasteiger partial charge in [-0.3, -0.25) is 4.79 Å². The highest BCUT2D eigenvalue weighted by Gasteiger charge is 2.27. The van der Waals surface area contributed by atoms with Crippen LogP contribution in [0.2, 0.25) is 0 Å². The second-order valence-corrected chi connectivity index (χ2v) is 6.29. The second kappa shape index (κ2) is 6.48. The fourth-order valence-corrected chi connectivity index (χ4v) is 3.17. The van der Waals surface area contributed by atoms with E-state index >= 15 is 0 Å². The number of nitrogens with two attached hydrogens (primary N) is 1. The van der Waals surface area contributed by atoms with Crippen LogP contribution in [0.3, 0.4) is 0 Å². The van der Waals surface area contributed by atoms with Gasteiger partial charge in [-0.05, 0) is 18.8 Å². The first-order chi connectivity index (χ1) is 10.6. The van der Waals surface area contributed by atoms with Crippen LogP contribution < -0.4 is 11.1 Å². The average Bonchev–Trinajstić information content (AvgIpc) is 2.98. The lowest BCUT2D eigenvalue weighted by Crippen LogP contribution is -2.40. The van der Waals surface area contributed by atoms with Crippen molar-refractivity contribution in [1.82, 2.24) is 15.3 Å². The predicted molar refractivity (Wildman–Crippen MR) is 86.8 cm³/mol. The van der Waals surface area contributed by atoms with E-state index in [0.717, 1.165) is 42.8 Å². The van der Waals surface area contributed by atoms with Crippen molar-refractivity contribution in [2.24, 2.45) is 11.7 Å². The maximum atomic E-state index is 12.2. The van der Waals surface area contributed by atoms with Gasteiger partial charge in [0.05, 0.1) is 17.8 Å². The summed E-state index contributed by atoms with van der Waals surface area (Å²) >= 11 is 0. The molecule has 3 atom stereocenters. The Morgan fingerprint density at radius 3 is 3.05 bits per heavy atom. The highest BCUT2D eigenvalue weighted by atomic mass is 16.1. The molecule has 2 unspecified atom stereocenters. The average molecular weight is 300 g/mol. The number of aromatic amines is 1. The number of nitrogens with zero attached hydrogens (tertiary/aromatic N) is 1. The third-order valence-electron chi connectivity index (χ3n) is 4.53. The molecular formula is C17H24N4O. The van der Waals surface area contributed by atoms with Crippen LogP contribution in [-0.4, -0.2) is 21.9 Å². The smallest absolute Gasteiger partial charge is 0.220 e. The highest BCUT2D eigenvalue weighted by Crippen LogP contribution is 2.28. The van der Waals surface area contributed by atoms with E-state index in [2.05, 4.69) is 28.3 Å². The topological polar surface area (TPSA) is 83.8 Å². The molecular weight excluding hydrogens is 276 g/mol. The maximum Gasteiger partial charge on any atom is 0.220 e. The molecule has 1 aromatic rings. The molecule has 0 saturated carbocycles. The molecule has 5 nitrogen and oxygen atoms in total. The summed E-state index contributed by atoms with van der Waals surface area (Å²) in [5.41, 5.74) is 8.15. The third-order valence-corrected chi connectivity index (χ3v) is 4.53. The first kappa shape index (κ1) is 15.0. The van der Waals surface area contributed by atoms with Crippen molar-refractivity contribution in [2.75, 3.05) is 0 Å². The summed E-state index contributed by atoms with van der Waals surface area (Å²) in [5, 5.41) is 3.17. The van der Waals surface area contributed by atoms with Gasteiger partial charge in [-0.15, -0.1) is 0 Å². The van der Waals surface area contributed by atoms with Crippen molar-refractivity contribution >= 4 is 11.5 Å². The van der Waals surface area contributed by atoms with Crippen molar-refractivity contribution < 1.29 is 4.79 Å². The number of aromatic nitrogens is 2. The van der Waals surface area contributed by atoms with Crippen LogP contribution >= 0.6 is 0 Å². The van der Waals surface area contributed by atoms with Gasteiger partial charge in [0.1, 0.15) is 5.82 Å². The van der Waals surface area contributed by atoms with E-state index < -0.39 is 0 Å². The number of hydrogen-bond acceptors (Lipinski definition) is 3. The maximum absolute atomic E-state index is 12.2. The molecule has 1 aromatic heterocycles. The molecule has 3 rings (SSSR count). The van der Waals surface area contributed by atoms with Gasteiger partial charge in [0.15, 0.2) is 0 Å². The van der Waals surface area contributed by atoms with Crippen LogP contribution in [0.5, 0.6) is 0 Å². The van der Waals surface area contributed by atoms with Gasteiger partial charge in [-0.2, -0.15) is 0 Å². The van der Waals surface area contributed by atoms with E-state index in [-0.39, 0.29) is 23.9 Å². The van der Waals surface area contributed by atoms with E-state index in [1.165, 1.54) is 0 Å². The number of amides is 1. The van der Waals surface area contributed by atoms with E-state index in [4.69, 9.17) is 5.73 Å². The molecule has 2 aliphatic rings. The van der Waals surface area contributed by atoms with Crippen LogP contribution in [-0.2, 0) is 4.79 Å². The summed E-state index contributed by atoms with van der Waals surface area (Å²) in [6, 6.07) is -0.0839. The minimum absolute atomic E-state index is 0.0226. The van der Waals surface area contributed by atoms with Gasteiger partial charge >= 0.3 is 0 Å². The number of allylic oxidation sites excluding steroid dienone is 2. The normalized spacial score (nSPS) is 29.5. The largest absolute Gasteiger partial charge is 0.349 e. The van der Waals surface area contributed by atoms with Gasteiger partial charge < -0.3 is 16.0 Å². The molecule has 5 heteroatoms. The Morgan fingerprint density at radius 2 is 2.18 bits per heavy atom. The highest BCUT2D eigenvalue weighted by molar-refractivity contribution is 5.81. The first-order valence-electron chi connectivity index (χ1n) is 8.14. The SMILES string of the molecule is CC1C=CC=C2c3c[nH]c(n3)[C@@H](N)CCCCCC(=O)NC21. The molecule has 1 aliphatic heterocycles. The fraction of sp³-hybridized carbons (Fsp3) is 0.529. The summed E-state index contributed by atoms with van der Waals surface area (Å²) in [4.78, 5) is 20.1. The van der Waals surface area contributed by atoms with Crippen LogP contribution in [0.1, 0.15) is 56.6 Å². The summed E-state index contributed by atoms with van der Waals surface area (Å²) < 4.78 is 0. The number of carbonyl (C=O) groups is 1. The lowest BCUT2D eigenvalue weighted by atomic mass is 9.88. The van der Waals surface area contributed by atoms with Crippen molar-refractivity contribution in [1.29, 1.82) is 0 Å². The number of hydrogen-bond donors (Lipinski definition) is 3. The van der Waals surface area contributed by atoms with Crippen molar-refractivity contribution in [3.05, 3.63) is 35.9 Å². The fourth-order valence-electron chi connectivity index (χ4n) is 3.17. The van der Waals surface area contributed by atoms with E-state index in [1.54, 1.807) is 0 Å². The third kappa shape index (κ3) is 3.14. The summed E-state index contributed by atoms with van der Waals surface area (Å²) in [6.07, 6.45) is 12.5. The van der Waals surface area contributed by atoms with E-state index in [1.807, 2.05) is 18.3 Å². The molecule has 4 N–H and O–H groups in total. The Morgan fingerprint density at radius 1 is 1.32 bits per heavy atom. The number of imidazole rings is 1. The van der Waals surface area contributed by atoms with Gasteiger partial charge in [-0.25, -0.2) is 4.98 Å². The monoisotopic (exact) mass is 300 g/mol. The van der Waals surface area contributed by atoms with Crippen LogP contribution in [0.4, 0.5) is 0 Å². The van der Waals surface area contributed by atoms with Gasteiger partial charge in [-0.1, -0.05) is 38.0 Å². The Bertz CT molecular complexity index is 602. The Labute approximate surface area is 131 Å². The lowest BCUT2D eigenvalue weighted by molar-refractivity contribution is -0.121. The molecule has 2 bridgehead atoms. The number of fused-ring (bicyclic) bond motifs is 4. The number of carbonyl (C=O) groups excluding carboxylic acids is 1. The van der Waals surface area contributed by atoms with E-state index in [9.17, 15) is 4.79 Å². The second-order valence-electron chi connectivity index (χ2n) is 6.29. The van der Waals surface area contributed by atoms with Crippen LogP contribution in [0, 0.1) is 5.92 Å². The number of rotatable bonds is 0. The minimum atomic E-state index is -0.0613. The van der Waals surface area contributed by atoms with E-state index in [0.29, 0.717) is 6.42 Å². The predicted octanol–water partition coefficient (Wildman–Crippen LogP) is 2.45. The minimum Gasteiger partial charge on any atom is -0.349 e. The van der Waals surface area contributed by atoms with Crippen LogP contribution in [0.25, 0.3) is 5.57 Å². The molecule has 2 heterocycles. The lowest BCUT2D eigenvalue weighted by Gasteiger charge is -2.27. The van der Waals surface area contributed by atoms with Crippen molar-refractivity contribution in [2.45, 2.75) is 51.1 Å². The molecule has 22 heavy (non-hydrogen) atoms. The Kier molecular flexibility index (Phi) is 4.43. The zero-order valence-corrected chi connectivity index (χ0v) is 13.0. The molecule has 1 aliphatic carbocycles. The molecule has 0 radical (unpaired) electrons. The molecule has 0 aromatic carbocycles. The zero-order chi connectivity index (χ0) is 15.5. The Balaban J connectivity index is 1.93. The molecule has 0 saturated heterocycles. The Hall–Kier alpha value is -1.88. The zero-order valence-electron chi connectivity index (χ0n) is 13.0. The van der Waals surface area contributed by atoms with Crippen LogP contribution in [0.15, 0.2) is 24.4 Å². The summed E-state index contributed by atoms with van der Waals surface area (Å²) in [6.45, 7) is 2.12. The quantitative estimate of drug-likeness (QED) is 0.688. The molecule has 0 spiro atoms. The summed E-state index contributed by atoms with van der Waals surface area (Å²) in [5.74, 6) is 1.21. The van der Waals surface area contributed by atoms with Gasteiger partial charge in [0, 0.05) is 18.2 Å². The number of nitrogens with one attached hydrogen (secondary N) is 2. The van der Waals surface area contributed by atoms with Crippen molar-refractivity contribution in [3.63, 3.8) is 0 Å². The summed E-state index contributed by atoms with van der Waals surface area (Å²) in [7, 11) is 0. The van der Waals surface area contributed by atoms with Gasteiger partial charge in [0.25, 0.3) is 0 Å². The molecule has 1 amide bonds. The first-order valence-corrected chi connectivity index (χ1v) is 8.14.